The average Bonchev–Trinajstić information content (AvgIpc) is 2.41. The summed E-state index contributed by atoms with van der Waals surface area (Å²) in [5.41, 5.74) is 1.09. The van der Waals surface area contributed by atoms with Gasteiger partial charge in [-0.15, -0.1) is 11.8 Å². The number of hydrogen-bond acceptors (Lipinski definition) is 1. The van der Waals surface area contributed by atoms with Crippen molar-refractivity contribution in [1.82, 2.24) is 0 Å². The Hall–Kier alpha value is -1.65. The van der Waals surface area contributed by atoms with E-state index in [9.17, 15) is 0 Å². The van der Waals surface area contributed by atoms with Crippen LogP contribution in [0.4, 0.5) is 0 Å². The molecule has 0 unspecified atom stereocenters. The minimum atomic E-state index is 0.925. The fourth-order valence-electron chi connectivity index (χ4n) is 1.42. The minimum absolute atomic E-state index is 0.925. The molecule has 2 aromatic rings. The molecule has 0 aliphatic rings. The van der Waals surface area contributed by atoms with Crippen LogP contribution < -0.4 is 0 Å². The topological polar surface area (TPSA) is 0 Å². The van der Waals surface area contributed by atoms with E-state index in [1.807, 2.05) is 48.2 Å². The van der Waals surface area contributed by atoms with Crippen molar-refractivity contribution in [3.63, 3.8) is 0 Å². The highest BCUT2D eigenvalue weighted by Crippen LogP contribution is 2.17. The van der Waals surface area contributed by atoms with Gasteiger partial charge in [-0.25, -0.2) is 0 Å². The third-order valence-electron chi connectivity index (χ3n) is 2.25. The summed E-state index contributed by atoms with van der Waals surface area (Å²) in [7, 11) is 0. The molecular formula is C16H14S. The van der Waals surface area contributed by atoms with Crippen LogP contribution in [0.15, 0.2) is 65.6 Å². The van der Waals surface area contributed by atoms with Gasteiger partial charge in [0.25, 0.3) is 0 Å². The molecule has 17 heavy (non-hydrogen) atoms. The van der Waals surface area contributed by atoms with Gasteiger partial charge in [-0.3, -0.25) is 0 Å². The Morgan fingerprint density at radius 3 is 2.18 bits per heavy atom. The van der Waals surface area contributed by atoms with Crippen molar-refractivity contribution < 1.29 is 0 Å². The Morgan fingerprint density at radius 2 is 1.47 bits per heavy atom. The van der Waals surface area contributed by atoms with Crippen LogP contribution in [-0.2, 0) is 0 Å². The van der Waals surface area contributed by atoms with E-state index in [0.717, 1.165) is 17.7 Å². The van der Waals surface area contributed by atoms with Crippen molar-refractivity contribution >= 4 is 11.8 Å². The van der Waals surface area contributed by atoms with Crippen molar-refractivity contribution in [2.45, 2.75) is 11.3 Å². The summed E-state index contributed by atoms with van der Waals surface area (Å²) in [5, 5.41) is 0. The number of hydrogen-bond donors (Lipinski definition) is 0. The normalized spacial score (nSPS) is 9.41. The molecule has 84 valence electrons. The Bertz CT molecular complexity index is 491. The number of thioether (sulfide) groups is 1. The third-order valence-corrected chi connectivity index (χ3v) is 3.26. The molecule has 0 aromatic heterocycles. The second-order valence-corrected chi connectivity index (χ2v) is 4.75. The molecule has 2 aromatic carbocycles. The first kappa shape index (κ1) is 11.8. The zero-order valence-corrected chi connectivity index (χ0v) is 10.4. The summed E-state index contributed by atoms with van der Waals surface area (Å²) in [6.45, 7) is 0. The van der Waals surface area contributed by atoms with Crippen LogP contribution in [0, 0.1) is 11.8 Å². The molecule has 0 atom stereocenters. The van der Waals surface area contributed by atoms with E-state index in [1.54, 1.807) is 0 Å². The van der Waals surface area contributed by atoms with Gasteiger partial charge in [0.2, 0.25) is 0 Å². The average molecular weight is 238 g/mol. The quantitative estimate of drug-likeness (QED) is 0.438. The summed E-state index contributed by atoms with van der Waals surface area (Å²) in [5.74, 6) is 7.41. The molecule has 0 spiro atoms. The second kappa shape index (κ2) is 6.83. The molecular weight excluding hydrogens is 224 g/mol. The Kier molecular flexibility index (Phi) is 4.75. The summed E-state index contributed by atoms with van der Waals surface area (Å²) in [4.78, 5) is 1.31. The fraction of sp³-hybridized carbons (Fsp3) is 0.125. The van der Waals surface area contributed by atoms with Crippen molar-refractivity contribution in [2.24, 2.45) is 0 Å². The van der Waals surface area contributed by atoms with Crippen LogP contribution in [0.3, 0.4) is 0 Å². The van der Waals surface area contributed by atoms with Crippen molar-refractivity contribution in [3.8, 4) is 11.8 Å². The predicted octanol–water partition coefficient (Wildman–Crippen LogP) is 4.22. The molecule has 0 aliphatic carbocycles. The molecule has 0 nitrogen and oxygen atoms in total. The largest absolute Gasteiger partial charge is 0.125 e. The van der Waals surface area contributed by atoms with Crippen LogP contribution in [0.1, 0.15) is 12.0 Å². The SMILES string of the molecule is C(#Cc1ccccc1)CCSc1ccccc1. The summed E-state index contributed by atoms with van der Waals surface area (Å²) in [6.07, 6.45) is 0.925. The Morgan fingerprint density at radius 1 is 0.824 bits per heavy atom. The number of benzene rings is 2. The first-order valence-electron chi connectivity index (χ1n) is 5.67. The van der Waals surface area contributed by atoms with Crippen LogP contribution >= 0.6 is 11.8 Å². The summed E-state index contributed by atoms with van der Waals surface area (Å²) in [6, 6.07) is 20.6. The van der Waals surface area contributed by atoms with Gasteiger partial charge in [0, 0.05) is 22.6 Å². The zero-order chi connectivity index (χ0) is 11.8. The summed E-state index contributed by atoms with van der Waals surface area (Å²) < 4.78 is 0. The highest BCUT2D eigenvalue weighted by molar-refractivity contribution is 7.99. The maximum Gasteiger partial charge on any atom is 0.0245 e. The lowest BCUT2D eigenvalue weighted by atomic mass is 10.2. The molecule has 1 heteroatoms. The second-order valence-electron chi connectivity index (χ2n) is 3.58. The van der Waals surface area contributed by atoms with Gasteiger partial charge in [-0.2, -0.15) is 0 Å². The Balaban J connectivity index is 1.76. The van der Waals surface area contributed by atoms with E-state index in [4.69, 9.17) is 0 Å². The van der Waals surface area contributed by atoms with Gasteiger partial charge in [-0.05, 0) is 24.3 Å². The predicted molar refractivity (Wildman–Crippen MR) is 75.1 cm³/mol. The van der Waals surface area contributed by atoms with Gasteiger partial charge in [0.05, 0.1) is 0 Å². The fourth-order valence-corrected chi connectivity index (χ4v) is 2.21. The monoisotopic (exact) mass is 238 g/mol. The summed E-state index contributed by atoms with van der Waals surface area (Å²) >= 11 is 1.85. The molecule has 0 saturated heterocycles. The first-order chi connectivity index (χ1) is 8.45. The third kappa shape index (κ3) is 4.38. The standard InChI is InChI=1S/C16H14S/c1-3-9-15(10-4-1)11-7-8-14-17-16-12-5-2-6-13-16/h1-6,9-10,12-13H,8,14H2. The first-order valence-corrected chi connectivity index (χ1v) is 6.65. The van der Waals surface area contributed by atoms with E-state index in [-0.39, 0.29) is 0 Å². The Labute approximate surface area is 107 Å². The van der Waals surface area contributed by atoms with E-state index in [2.05, 4.69) is 36.1 Å². The lowest BCUT2D eigenvalue weighted by Crippen LogP contribution is -1.77. The zero-order valence-electron chi connectivity index (χ0n) is 9.60. The maximum atomic E-state index is 3.20. The van der Waals surface area contributed by atoms with Gasteiger partial charge in [0.15, 0.2) is 0 Å². The molecule has 0 N–H and O–H groups in total. The van der Waals surface area contributed by atoms with Gasteiger partial charge in [-0.1, -0.05) is 48.2 Å². The molecule has 0 heterocycles. The molecule has 0 aliphatic heterocycles. The molecule has 0 amide bonds. The smallest absolute Gasteiger partial charge is 0.0245 e. The molecule has 0 fully saturated rings. The molecule has 0 saturated carbocycles. The highest BCUT2D eigenvalue weighted by Gasteiger charge is 1.89. The van der Waals surface area contributed by atoms with Crippen LogP contribution in [0.2, 0.25) is 0 Å². The highest BCUT2D eigenvalue weighted by atomic mass is 32.2. The lowest BCUT2D eigenvalue weighted by Gasteiger charge is -1.96. The van der Waals surface area contributed by atoms with E-state index in [0.29, 0.717) is 0 Å². The number of rotatable bonds is 3. The van der Waals surface area contributed by atoms with Crippen LogP contribution in [0.5, 0.6) is 0 Å². The van der Waals surface area contributed by atoms with E-state index >= 15 is 0 Å². The lowest BCUT2D eigenvalue weighted by molar-refractivity contribution is 1.29. The van der Waals surface area contributed by atoms with Crippen molar-refractivity contribution in [1.29, 1.82) is 0 Å². The van der Waals surface area contributed by atoms with Gasteiger partial charge >= 0.3 is 0 Å². The van der Waals surface area contributed by atoms with Crippen LogP contribution in [0.25, 0.3) is 0 Å². The minimum Gasteiger partial charge on any atom is -0.125 e. The van der Waals surface area contributed by atoms with Gasteiger partial charge in [0.1, 0.15) is 0 Å². The van der Waals surface area contributed by atoms with Gasteiger partial charge < -0.3 is 0 Å². The van der Waals surface area contributed by atoms with E-state index in [1.165, 1.54) is 4.90 Å². The van der Waals surface area contributed by atoms with Crippen molar-refractivity contribution in [3.05, 3.63) is 66.2 Å². The molecule has 2 rings (SSSR count). The maximum absolute atomic E-state index is 3.20. The van der Waals surface area contributed by atoms with Crippen LogP contribution in [-0.4, -0.2) is 5.75 Å². The molecule has 0 radical (unpaired) electrons. The van der Waals surface area contributed by atoms with E-state index < -0.39 is 0 Å². The van der Waals surface area contributed by atoms with Crippen molar-refractivity contribution in [2.75, 3.05) is 5.75 Å². The molecule has 0 bridgehead atoms.